The molecule has 3 N–H and O–H groups in total. The minimum absolute atomic E-state index is 0.197. The molecule has 0 fully saturated rings. The van der Waals surface area contributed by atoms with E-state index < -0.39 is 0 Å². The molecule has 0 radical (unpaired) electrons. The van der Waals surface area contributed by atoms with Crippen LogP contribution in [0.5, 0.6) is 0 Å². The van der Waals surface area contributed by atoms with Gasteiger partial charge < -0.3 is 11.1 Å². The molecule has 0 spiro atoms. The zero-order valence-corrected chi connectivity index (χ0v) is 11.7. The van der Waals surface area contributed by atoms with Crippen molar-refractivity contribution in [2.45, 2.75) is 6.92 Å². The molecule has 2 aromatic rings. The van der Waals surface area contributed by atoms with Crippen molar-refractivity contribution in [2.24, 2.45) is 0 Å². The van der Waals surface area contributed by atoms with E-state index in [1.807, 2.05) is 18.2 Å². The van der Waals surface area contributed by atoms with E-state index >= 15 is 0 Å². The summed E-state index contributed by atoms with van der Waals surface area (Å²) in [5.41, 5.74) is 8.58. The number of rotatable bonds is 2. The van der Waals surface area contributed by atoms with Gasteiger partial charge in [-0.15, -0.1) is 0 Å². The molecule has 0 aliphatic rings. The average Bonchev–Trinajstić information content (AvgIpc) is 2.35. The van der Waals surface area contributed by atoms with E-state index in [9.17, 15) is 4.79 Å². The Morgan fingerprint density at radius 2 is 1.95 bits per heavy atom. The Balaban J connectivity index is 2.49. The van der Waals surface area contributed by atoms with Crippen molar-refractivity contribution in [1.29, 1.82) is 0 Å². The van der Waals surface area contributed by atoms with Crippen molar-refractivity contribution < 1.29 is 4.79 Å². The number of anilines is 2. The second-order valence-electron chi connectivity index (χ2n) is 4.08. The summed E-state index contributed by atoms with van der Waals surface area (Å²) in [6.45, 7) is 1.41. The highest BCUT2D eigenvalue weighted by molar-refractivity contribution is 6.37. The topological polar surface area (TPSA) is 55.1 Å². The molecule has 2 aromatic carbocycles. The van der Waals surface area contributed by atoms with Crippen molar-refractivity contribution in [3.05, 3.63) is 46.4 Å². The van der Waals surface area contributed by atoms with E-state index in [-0.39, 0.29) is 5.91 Å². The van der Waals surface area contributed by atoms with E-state index in [0.717, 1.165) is 11.1 Å². The van der Waals surface area contributed by atoms with Gasteiger partial charge >= 0.3 is 0 Å². The Kier molecular flexibility index (Phi) is 3.98. The van der Waals surface area contributed by atoms with Gasteiger partial charge in [0.05, 0.1) is 16.4 Å². The highest BCUT2D eigenvalue weighted by Gasteiger charge is 2.11. The van der Waals surface area contributed by atoms with Crippen LogP contribution in [0.4, 0.5) is 11.4 Å². The maximum Gasteiger partial charge on any atom is 0.221 e. The van der Waals surface area contributed by atoms with Gasteiger partial charge in [-0.2, -0.15) is 0 Å². The molecular formula is C14H12Cl2N2O. The smallest absolute Gasteiger partial charge is 0.221 e. The number of halogens is 2. The van der Waals surface area contributed by atoms with Crippen LogP contribution in [0.1, 0.15) is 6.92 Å². The van der Waals surface area contributed by atoms with Gasteiger partial charge in [0.1, 0.15) is 0 Å². The number of amides is 1. The van der Waals surface area contributed by atoms with Gasteiger partial charge in [-0.1, -0.05) is 41.4 Å². The lowest BCUT2D eigenvalue weighted by Gasteiger charge is -2.12. The Bertz CT molecular complexity index is 641. The predicted octanol–water partition coefficient (Wildman–Crippen LogP) is 4.20. The summed E-state index contributed by atoms with van der Waals surface area (Å²) in [6.07, 6.45) is 0. The van der Waals surface area contributed by atoms with Crippen LogP contribution < -0.4 is 11.1 Å². The van der Waals surface area contributed by atoms with E-state index in [1.54, 1.807) is 18.2 Å². The van der Waals surface area contributed by atoms with Gasteiger partial charge in [0.2, 0.25) is 5.91 Å². The van der Waals surface area contributed by atoms with Crippen LogP contribution in [0.15, 0.2) is 36.4 Å². The van der Waals surface area contributed by atoms with Gasteiger partial charge in [-0.25, -0.2) is 0 Å². The molecule has 3 nitrogen and oxygen atoms in total. The molecule has 0 bridgehead atoms. The second kappa shape index (κ2) is 5.51. The lowest BCUT2D eigenvalue weighted by Crippen LogP contribution is -2.07. The van der Waals surface area contributed by atoms with E-state index in [4.69, 9.17) is 28.9 Å². The number of nitrogen functional groups attached to an aromatic ring is 1. The minimum atomic E-state index is -0.197. The van der Waals surface area contributed by atoms with Gasteiger partial charge in [0.25, 0.3) is 0 Å². The first-order valence-electron chi connectivity index (χ1n) is 5.60. The monoisotopic (exact) mass is 294 g/mol. The maximum atomic E-state index is 11.0. The summed E-state index contributed by atoms with van der Waals surface area (Å²) in [5, 5.41) is 3.58. The molecule has 0 heterocycles. The Hall–Kier alpha value is -1.71. The first-order valence-corrected chi connectivity index (χ1v) is 6.36. The maximum absolute atomic E-state index is 11.0. The van der Waals surface area contributed by atoms with E-state index in [1.165, 1.54) is 6.92 Å². The quantitative estimate of drug-likeness (QED) is 0.816. The summed E-state index contributed by atoms with van der Waals surface area (Å²) in [4.78, 5) is 11.0. The van der Waals surface area contributed by atoms with Crippen LogP contribution >= 0.6 is 23.2 Å². The third-order valence-corrected chi connectivity index (χ3v) is 3.27. The summed E-state index contributed by atoms with van der Waals surface area (Å²) < 4.78 is 0. The lowest BCUT2D eigenvalue weighted by molar-refractivity contribution is -0.114. The number of carbonyl (C=O) groups is 1. The third-order valence-electron chi connectivity index (χ3n) is 2.63. The number of benzene rings is 2. The summed E-state index contributed by atoms with van der Waals surface area (Å²) in [7, 11) is 0. The average molecular weight is 295 g/mol. The van der Waals surface area contributed by atoms with Crippen LogP contribution in [-0.2, 0) is 4.79 Å². The Labute approximate surface area is 121 Å². The number of hydrogen-bond acceptors (Lipinski definition) is 2. The Morgan fingerprint density at radius 1 is 1.21 bits per heavy atom. The molecule has 0 aliphatic carbocycles. The largest absolute Gasteiger partial charge is 0.397 e. The number of carbonyl (C=O) groups excluding carboxylic acids is 1. The van der Waals surface area contributed by atoms with Crippen molar-refractivity contribution in [3.8, 4) is 11.1 Å². The van der Waals surface area contributed by atoms with Crippen LogP contribution in [-0.4, -0.2) is 5.91 Å². The number of nitrogens with one attached hydrogen (secondary N) is 1. The fraction of sp³-hybridized carbons (Fsp3) is 0.0714. The molecule has 0 aliphatic heterocycles. The fourth-order valence-corrected chi connectivity index (χ4v) is 2.19. The van der Waals surface area contributed by atoms with Crippen molar-refractivity contribution in [3.63, 3.8) is 0 Å². The molecule has 1 amide bonds. The van der Waals surface area contributed by atoms with E-state index in [0.29, 0.717) is 21.4 Å². The predicted molar refractivity (Wildman–Crippen MR) is 80.6 cm³/mol. The molecule has 98 valence electrons. The molecule has 19 heavy (non-hydrogen) atoms. The first kappa shape index (κ1) is 13.7. The Morgan fingerprint density at radius 3 is 2.58 bits per heavy atom. The number of hydrogen-bond donors (Lipinski definition) is 2. The highest BCUT2D eigenvalue weighted by atomic mass is 35.5. The number of nitrogens with two attached hydrogens (primary N) is 1. The van der Waals surface area contributed by atoms with Crippen LogP contribution in [0.2, 0.25) is 10.0 Å². The summed E-state index contributed by atoms with van der Waals surface area (Å²) >= 11 is 12.1. The van der Waals surface area contributed by atoms with Crippen LogP contribution in [0.3, 0.4) is 0 Å². The zero-order valence-electron chi connectivity index (χ0n) is 10.2. The summed E-state index contributed by atoms with van der Waals surface area (Å²) in [5.74, 6) is -0.197. The SMILES string of the molecule is CC(=O)Nc1ccc(-c2cccc(Cl)c2)c(N)c1Cl. The third kappa shape index (κ3) is 3.00. The summed E-state index contributed by atoms with van der Waals surface area (Å²) in [6, 6.07) is 10.9. The van der Waals surface area contributed by atoms with Crippen LogP contribution in [0.25, 0.3) is 11.1 Å². The van der Waals surface area contributed by atoms with Crippen molar-refractivity contribution >= 4 is 40.5 Å². The molecular weight excluding hydrogens is 283 g/mol. The molecule has 0 saturated heterocycles. The van der Waals surface area contributed by atoms with Gasteiger partial charge in [-0.3, -0.25) is 4.79 Å². The highest BCUT2D eigenvalue weighted by Crippen LogP contribution is 2.37. The van der Waals surface area contributed by atoms with Gasteiger partial charge in [-0.05, 0) is 23.8 Å². The molecule has 5 heteroatoms. The van der Waals surface area contributed by atoms with Crippen molar-refractivity contribution in [2.75, 3.05) is 11.1 Å². The second-order valence-corrected chi connectivity index (χ2v) is 4.89. The molecule has 0 unspecified atom stereocenters. The lowest BCUT2D eigenvalue weighted by atomic mass is 10.0. The normalized spacial score (nSPS) is 10.3. The van der Waals surface area contributed by atoms with Gasteiger partial charge in [0.15, 0.2) is 0 Å². The molecule has 0 aromatic heterocycles. The standard InChI is InChI=1S/C14H12Cl2N2O/c1-8(19)18-12-6-5-11(14(17)13(12)16)9-3-2-4-10(15)7-9/h2-7H,17H2,1H3,(H,18,19). The van der Waals surface area contributed by atoms with E-state index in [2.05, 4.69) is 5.32 Å². The van der Waals surface area contributed by atoms with Crippen molar-refractivity contribution in [1.82, 2.24) is 0 Å². The first-order chi connectivity index (χ1) is 8.99. The minimum Gasteiger partial charge on any atom is -0.397 e. The van der Waals surface area contributed by atoms with Gasteiger partial charge in [0, 0.05) is 17.5 Å². The molecule has 2 rings (SSSR count). The fourth-order valence-electron chi connectivity index (χ4n) is 1.79. The van der Waals surface area contributed by atoms with Crippen LogP contribution in [0, 0.1) is 0 Å². The molecule has 0 saturated carbocycles. The molecule has 0 atom stereocenters. The zero-order chi connectivity index (χ0) is 14.0.